The molecule has 0 amide bonds. The highest BCUT2D eigenvalue weighted by Gasteiger charge is 2.48. The Morgan fingerprint density at radius 3 is 1.43 bits per heavy atom. The zero-order chi connectivity index (χ0) is 48.9. The summed E-state index contributed by atoms with van der Waals surface area (Å²) in [6.45, 7) is 4.00. The Bertz CT molecular complexity index is 1310. The lowest BCUT2D eigenvalue weighted by Crippen LogP contribution is -2.60. The fourth-order valence-corrected chi connectivity index (χ4v) is 8.85. The van der Waals surface area contributed by atoms with Gasteiger partial charge in [0.15, 0.2) is 6.29 Å². The smallest absolute Gasteiger partial charge is 0.397 e. The Balaban J connectivity index is 2.33. The molecular formula is C54H100O12S. The highest BCUT2D eigenvalue weighted by Crippen LogP contribution is 2.26. The van der Waals surface area contributed by atoms with Crippen molar-refractivity contribution in [2.75, 3.05) is 26.4 Å². The van der Waals surface area contributed by atoms with Crippen molar-refractivity contribution in [1.29, 1.82) is 0 Å². The number of hydrogen-bond acceptors (Lipinski definition) is 11. The molecule has 1 heterocycles. The van der Waals surface area contributed by atoms with Gasteiger partial charge >= 0.3 is 16.4 Å². The van der Waals surface area contributed by atoms with Crippen molar-refractivity contribution in [1.82, 2.24) is 0 Å². The fraction of sp³-hybridized carbons (Fsp3) is 0.870. The molecule has 1 aliphatic heterocycles. The molecule has 1 aliphatic rings. The van der Waals surface area contributed by atoms with E-state index in [1.54, 1.807) is 0 Å². The van der Waals surface area contributed by atoms with Crippen molar-refractivity contribution in [3.63, 3.8) is 0 Å². The Kier molecular flexibility index (Phi) is 43.0. The van der Waals surface area contributed by atoms with Crippen LogP contribution in [0, 0.1) is 0 Å². The summed E-state index contributed by atoms with van der Waals surface area (Å²) in [7, 11) is -5.07. The van der Waals surface area contributed by atoms with Crippen LogP contribution in [-0.4, -0.2) is 97.5 Å². The molecule has 0 aliphatic carbocycles. The lowest BCUT2D eigenvalue weighted by atomic mass is 9.99. The number of allylic oxidation sites excluding steroid dienone is 6. The van der Waals surface area contributed by atoms with E-state index in [9.17, 15) is 33.1 Å². The molecule has 6 atom stereocenters. The Labute approximate surface area is 409 Å². The zero-order valence-corrected chi connectivity index (χ0v) is 43.3. The van der Waals surface area contributed by atoms with Crippen LogP contribution in [0.5, 0.6) is 0 Å². The van der Waals surface area contributed by atoms with E-state index in [0.29, 0.717) is 13.0 Å². The van der Waals surface area contributed by atoms with Gasteiger partial charge in [0.05, 0.1) is 19.8 Å². The third-order valence-corrected chi connectivity index (χ3v) is 13.0. The van der Waals surface area contributed by atoms with Crippen LogP contribution in [-0.2, 0) is 38.3 Å². The van der Waals surface area contributed by atoms with Crippen LogP contribution in [0.2, 0.25) is 0 Å². The van der Waals surface area contributed by atoms with Gasteiger partial charge in [-0.25, -0.2) is 4.18 Å². The molecule has 1 fully saturated rings. The van der Waals surface area contributed by atoms with Gasteiger partial charge in [-0.05, 0) is 70.6 Å². The molecule has 0 saturated carbocycles. The molecule has 1 rings (SSSR count). The van der Waals surface area contributed by atoms with Crippen molar-refractivity contribution in [3.05, 3.63) is 36.5 Å². The molecule has 394 valence electrons. The summed E-state index contributed by atoms with van der Waals surface area (Å²) in [6, 6.07) is 0. The summed E-state index contributed by atoms with van der Waals surface area (Å²) in [5.74, 6) is -0.402. The van der Waals surface area contributed by atoms with E-state index < -0.39 is 59.8 Å². The summed E-state index contributed by atoms with van der Waals surface area (Å²) in [4.78, 5) is 12.9. The molecule has 6 unspecified atom stereocenters. The molecular weight excluding hydrogens is 873 g/mol. The maximum atomic E-state index is 12.9. The first-order valence-electron chi connectivity index (χ1n) is 27.2. The van der Waals surface area contributed by atoms with Gasteiger partial charge in [0.1, 0.15) is 30.5 Å². The maximum Gasteiger partial charge on any atom is 0.397 e. The molecule has 0 aromatic rings. The number of carbonyl (C=O) groups excluding carboxylic acids is 1. The third kappa shape index (κ3) is 38.7. The fourth-order valence-electron chi connectivity index (χ4n) is 8.35. The van der Waals surface area contributed by atoms with Gasteiger partial charge in [0.2, 0.25) is 0 Å². The molecule has 1 saturated heterocycles. The summed E-state index contributed by atoms with van der Waals surface area (Å²) in [6.07, 6.45) is 46.0. The SMILES string of the molecule is CCCCCCC/C=C\C/C=C\CCCCCCCCCCCCOCC(COC1OC(CO)C(O)C(OS(=O)(=O)O)C1O)OC(=O)CCCCCCCCC/C=C\CCCCCCCCC. The van der Waals surface area contributed by atoms with E-state index in [-0.39, 0.29) is 19.6 Å². The molecule has 0 aromatic carbocycles. The first kappa shape index (κ1) is 63.3. The van der Waals surface area contributed by atoms with Crippen molar-refractivity contribution >= 4 is 16.4 Å². The molecule has 13 heteroatoms. The number of aliphatic hydroxyl groups excluding tert-OH is 3. The molecule has 0 radical (unpaired) electrons. The molecule has 67 heavy (non-hydrogen) atoms. The van der Waals surface area contributed by atoms with Crippen molar-refractivity contribution in [2.24, 2.45) is 0 Å². The maximum absolute atomic E-state index is 12.9. The highest BCUT2D eigenvalue weighted by atomic mass is 32.3. The lowest BCUT2D eigenvalue weighted by Gasteiger charge is -2.41. The topological polar surface area (TPSA) is 178 Å². The Morgan fingerprint density at radius 1 is 0.567 bits per heavy atom. The minimum atomic E-state index is -5.07. The number of esters is 1. The quantitative estimate of drug-likeness (QED) is 0.0197. The van der Waals surface area contributed by atoms with Gasteiger partial charge < -0.3 is 34.3 Å². The average Bonchev–Trinajstić information content (AvgIpc) is 3.30. The molecule has 12 nitrogen and oxygen atoms in total. The predicted molar refractivity (Wildman–Crippen MR) is 271 cm³/mol. The van der Waals surface area contributed by atoms with Gasteiger partial charge in [-0.3, -0.25) is 9.35 Å². The van der Waals surface area contributed by atoms with E-state index in [2.05, 4.69) is 54.5 Å². The van der Waals surface area contributed by atoms with Crippen LogP contribution >= 0.6 is 0 Å². The molecule has 4 N–H and O–H groups in total. The number of unbranched alkanes of at least 4 members (excludes halogenated alkanes) is 29. The van der Waals surface area contributed by atoms with E-state index in [1.807, 2.05) is 0 Å². The van der Waals surface area contributed by atoms with Crippen molar-refractivity contribution < 1.29 is 56.2 Å². The van der Waals surface area contributed by atoms with Crippen molar-refractivity contribution in [3.8, 4) is 0 Å². The second-order valence-corrected chi connectivity index (χ2v) is 19.9. The van der Waals surface area contributed by atoms with Gasteiger partial charge in [0.25, 0.3) is 0 Å². The average molecular weight is 973 g/mol. The molecule has 0 aromatic heterocycles. The first-order valence-corrected chi connectivity index (χ1v) is 28.6. The van der Waals surface area contributed by atoms with Gasteiger partial charge in [-0.1, -0.05) is 198 Å². The summed E-state index contributed by atoms with van der Waals surface area (Å²) in [5.41, 5.74) is 0. The summed E-state index contributed by atoms with van der Waals surface area (Å²) in [5, 5.41) is 30.8. The number of aliphatic hydroxyl groups is 3. The number of carbonyl (C=O) groups is 1. The minimum Gasteiger partial charge on any atom is -0.457 e. The summed E-state index contributed by atoms with van der Waals surface area (Å²) >= 11 is 0. The normalized spacial score (nSPS) is 19.6. The Hall–Kier alpha value is -1.68. The van der Waals surface area contributed by atoms with Gasteiger partial charge in [-0.15, -0.1) is 0 Å². The largest absolute Gasteiger partial charge is 0.457 e. The third-order valence-electron chi connectivity index (χ3n) is 12.5. The second-order valence-electron chi connectivity index (χ2n) is 18.8. The summed E-state index contributed by atoms with van der Waals surface area (Å²) < 4.78 is 59.3. The van der Waals surface area contributed by atoms with Crippen LogP contribution in [0.25, 0.3) is 0 Å². The van der Waals surface area contributed by atoms with Crippen LogP contribution in [0.1, 0.15) is 239 Å². The van der Waals surface area contributed by atoms with Crippen LogP contribution in [0.3, 0.4) is 0 Å². The zero-order valence-electron chi connectivity index (χ0n) is 42.5. The number of hydrogen-bond donors (Lipinski definition) is 4. The predicted octanol–water partition coefficient (Wildman–Crippen LogP) is 12.9. The minimum absolute atomic E-state index is 0.0337. The first-order chi connectivity index (χ1) is 32.6. The van der Waals surface area contributed by atoms with E-state index in [0.717, 1.165) is 51.4 Å². The standard InChI is InChI=1S/C54H100O12S/c1-3-5-7-9-11-13-15-17-19-21-23-24-25-26-28-30-32-34-36-38-40-42-44-62-46-48(47-63-54-52(58)53(66-67(59,60)61)51(57)49(45-55)65-54)64-50(56)43-41-39-37-35-33-31-29-27-22-20-18-16-14-12-10-8-6-4-2/h15,17,20-23,48-49,51-55,57-58H,3-14,16,18-19,24-47H2,1-2H3,(H,59,60,61)/b17-15-,22-20-,23-21-. The van der Waals surface area contributed by atoms with Gasteiger partial charge in [0, 0.05) is 13.0 Å². The van der Waals surface area contributed by atoms with Crippen LogP contribution in [0.4, 0.5) is 0 Å². The van der Waals surface area contributed by atoms with Crippen LogP contribution in [0.15, 0.2) is 36.5 Å². The Morgan fingerprint density at radius 2 is 0.985 bits per heavy atom. The van der Waals surface area contributed by atoms with Gasteiger partial charge in [-0.2, -0.15) is 8.42 Å². The monoisotopic (exact) mass is 973 g/mol. The highest BCUT2D eigenvalue weighted by molar-refractivity contribution is 7.80. The molecule has 0 bridgehead atoms. The van der Waals surface area contributed by atoms with E-state index in [4.69, 9.17) is 18.9 Å². The number of rotatable bonds is 48. The van der Waals surface area contributed by atoms with Crippen LogP contribution < -0.4 is 0 Å². The molecule has 0 spiro atoms. The lowest BCUT2D eigenvalue weighted by molar-refractivity contribution is -0.301. The van der Waals surface area contributed by atoms with E-state index >= 15 is 0 Å². The number of ether oxygens (including phenoxy) is 4. The van der Waals surface area contributed by atoms with E-state index in [1.165, 1.54) is 161 Å². The second kappa shape index (κ2) is 45.5. The van der Waals surface area contributed by atoms with Crippen molar-refractivity contribution in [2.45, 2.75) is 275 Å².